The second kappa shape index (κ2) is 4.77. The number of ether oxygens (including phenoxy) is 1. The van der Waals surface area contributed by atoms with Gasteiger partial charge in [0.05, 0.1) is 12.3 Å². The zero-order valence-electron chi connectivity index (χ0n) is 11.2. The summed E-state index contributed by atoms with van der Waals surface area (Å²) in [6, 6.07) is 0. The van der Waals surface area contributed by atoms with E-state index in [1.807, 2.05) is 0 Å². The fourth-order valence-electron chi connectivity index (χ4n) is 2.77. The Morgan fingerprint density at radius 3 is 2.79 bits per heavy atom. The molecule has 1 N–H and O–H groups in total. The summed E-state index contributed by atoms with van der Waals surface area (Å²) in [6.07, 6.45) is 6.29. The molecule has 3 rings (SSSR count). The first kappa shape index (κ1) is 12.3. The van der Waals surface area contributed by atoms with Crippen LogP contribution in [0.25, 0.3) is 11.2 Å². The van der Waals surface area contributed by atoms with Gasteiger partial charge < -0.3 is 4.74 Å². The van der Waals surface area contributed by atoms with E-state index in [1.165, 1.54) is 4.57 Å². The number of hydrogen-bond acceptors (Lipinski definition) is 4. The lowest BCUT2D eigenvalue weighted by Crippen LogP contribution is -2.20. The maximum atomic E-state index is 11.5. The first-order valence-electron chi connectivity index (χ1n) is 6.63. The van der Waals surface area contributed by atoms with Gasteiger partial charge in [0.15, 0.2) is 5.65 Å². The summed E-state index contributed by atoms with van der Waals surface area (Å²) in [5.41, 5.74) is 1.23. The molecule has 0 saturated heterocycles. The predicted molar refractivity (Wildman–Crippen MR) is 71.1 cm³/mol. The zero-order chi connectivity index (χ0) is 13.4. The van der Waals surface area contributed by atoms with Crippen LogP contribution in [-0.4, -0.2) is 32.7 Å². The van der Waals surface area contributed by atoms with Crippen LogP contribution in [0.1, 0.15) is 37.4 Å². The summed E-state index contributed by atoms with van der Waals surface area (Å²) < 4.78 is 6.90. The van der Waals surface area contributed by atoms with Gasteiger partial charge >= 0.3 is 5.69 Å². The lowest BCUT2D eigenvalue weighted by molar-refractivity contribution is 0.0651. The molecule has 2 aromatic rings. The highest BCUT2D eigenvalue weighted by Gasteiger charge is 2.24. The molecule has 1 aliphatic carbocycles. The van der Waals surface area contributed by atoms with Crippen LogP contribution in [0.2, 0.25) is 0 Å². The summed E-state index contributed by atoms with van der Waals surface area (Å²) >= 11 is 0. The second-order valence-corrected chi connectivity index (χ2v) is 5.16. The van der Waals surface area contributed by atoms with Crippen LogP contribution in [0.4, 0.5) is 0 Å². The van der Waals surface area contributed by atoms with Crippen molar-refractivity contribution in [3.8, 4) is 0 Å². The summed E-state index contributed by atoms with van der Waals surface area (Å²) in [6.45, 7) is 0. The van der Waals surface area contributed by atoms with Crippen LogP contribution in [0.3, 0.4) is 0 Å². The molecule has 1 aliphatic rings. The Labute approximate surface area is 110 Å². The molecule has 0 atom stereocenters. The van der Waals surface area contributed by atoms with Crippen LogP contribution in [0.15, 0.2) is 11.0 Å². The van der Waals surface area contributed by atoms with E-state index in [4.69, 9.17) is 4.74 Å². The summed E-state index contributed by atoms with van der Waals surface area (Å²) in [5.74, 6) is 1.21. The first-order chi connectivity index (χ1) is 9.19. The molecule has 0 spiro atoms. The highest BCUT2D eigenvalue weighted by atomic mass is 16.5. The van der Waals surface area contributed by atoms with Crippen molar-refractivity contribution in [3.05, 3.63) is 22.5 Å². The molecule has 0 radical (unpaired) electrons. The van der Waals surface area contributed by atoms with Crippen LogP contribution in [0, 0.1) is 0 Å². The molecular weight excluding hydrogens is 244 g/mol. The van der Waals surface area contributed by atoms with Gasteiger partial charge in [-0.1, -0.05) is 0 Å². The maximum absolute atomic E-state index is 11.5. The maximum Gasteiger partial charge on any atom is 0.327 e. The van der Waals surface area contributed by atoms with Crippen molar-refractivity contribution in [1.29, 1.82) is 0 Å². The Bertz CT molecular complexity index is 638. The normalized spacial score (nSPS) is 23.9. The monoisotopic (exact) mass is 262 g/mol. The highest BCUT2D eigenvalue weighted by Crippen LogP contribution is 2.32. The van der Waals surface area contributed by atoms with E-state index in [-0.39, 0.29) is 5.69 Å². The van der Waals surface area contributed by atoms with E-state index < -0.39 is 0 Å². The Kier molecular flexibility index (Phi) is 3.10. The number of hydrogen-bond donors (Lipinski definition) is 1. The first-order valence-corrected chi connectivity index (χ1v) is 6.63. The number of nitrogens with zero attached hydrogens (tertiary/aromatic N) is 3. The Hall–Kier alpha value is -1.69. The largest absolute Gasteiger partial charge is 0.381 e. The molecule has 2 heterocycles. The van der Waals surface area contributed by atoms with Crippen LogP contribution in [-0.2, 0) is 11.8 Å². The molecule has 1 fully saturated rings. The SMILES string of the molecule is COC1CCC(c2ncc3c(n2)[nH]c(=O)n3C)CC1. The molecule has 6 heteroatoms. The number of methoxy groups -OCH3 is 1. The third-order valence-electron chi connectivity index (χ3n) is 4.05. The summed E-state index contributed by atoms with van der Waals surface area (Å²) in [7, 11) is 3.48. The predicted octanol–water partition coefficient (Wildman–Crippen LogP) is 1.33. The van der Waals surface area contributed by atoms with Crippen LogP contribution in [0.5, 0.6) is 0 Å². The molecular formula is C13H18N4O2. The zero-order valence-corrected chi connectivity index (χ0v) is 11.2. The number of nitrogens with one attached hydrogen (secondary N) is 1. The minimum Gasteiger partial charge on any atom is -0.381 e. The standard InChI is InChI=1S/C13H18N4O2/c1-17-10-7-14-11(15-12(10)16-13(17)18)8-3-5-9(19-2)6-4-8/h7-9H,3-6H2,1-2H3,(H,14,15,16,18). The molecule has 0 bridgehead atoms. The highest BCUT2D eigenvalue weighted by molar-refractivity contribution is 5.69. The van der Waals surface area contributed by atoms with Gasteiger partial charge in [-0.25, -0.2) is 14.8 Å². The van der Waals surface area contributed by atoms with Gasteiger partial charge in [-0.2, -0.15) is 0 Å². The molecule has 1 saturated carbocycles. The number of fused-ring (bicyclic) bond motifs is 1. The van der Waals surface area contributed by atoms with Gasteiger partial charge in [0.1, 0.15) is 11.3 Å². The number of aromatic nitrogens is 4. The molecule has 0 amide bonds. The molecule has 2 aromatic heterocycles. The fraction of sp³-hybridized carbons (Fsp3) is 0.615. The number of H-pyrrole nitrogens is 1. The average Bonchev–Trinajstić information content (AvgIpc) is 2.74. The van der Waals surface area contributed by atoms with Crippen LogP contribution >= 0.6 is 0 Å². The quantitative estimate of drug-likeness (QED) is 0.886. The lowest BCUT2D eigenvalue weighted by Gasteiger charge is -2.26. The smallest absolute Gasteiger partial charge is 0.327 e. The van der Waals surface area contributed by atoms with E-state index in [9.17, 15) is 4.79 Å². The molecule has 102 valence electrons. The Morgan fingerprint density at radius 2 is 2.11 bits per heavy atom. The van der Waals surface area contributed by atoms with E-state index in [1.54, 1.807) is 20.4 Å². The van der Waals surface area contributed by atoms with E-state index >= 15 is 0 Å². The van der Waals surface area contributed by atoms with Crippen molar-refractivity contribution >= 4 is 11.2 Å². The van der Waals surface area contributed by atoms with Crippen molar-refractivity contribution in [1.82, 2.24) is 19.5 Å². The minimum atomic E-state index is -0.149. The third kappa shape index (κ3) is 2.16. The summed E-state index contributed by atoms with van der Waals surface area (Å²) in [5, 5.41) is 0. The third-order valence-corrected chi connectivity index (χ3v) is 4.05. The number of aryl methyl sites for hydroxylation is 1. The molecule has 6 nitrogen and oxygen atoms in total. The van der Waals surface area contributed by atoms with E-state index in [0.717, 1.165) is 37.0 Å². The van der Waals surface area contributed by atoms with Gasteiger partial charge in [-0.3, -0.25) is 9.55 Å². The van der Waals surface area contributed by atoms with Crippen molar-refractivity contribution in [3.63, 3.8) is 0 Å². The van der Waals surface area contributed by atoms with Gasteiger partial charge in [0.25, 0.3) is 0 Å². The minimum absolute atomic E-state index is 0.149. The van der Waals surface area contributed by atoms with Gasteiger partial charge in [0.2, 0.25) is 0 Å². The molecule has 0 unspecified atom stereocenters. The Balaban J connectivity index is 1.88. The van der Waals surface area contributed by atoms with Crippen molar-refractivity contribution in [2.75, 3.05) is 7.11 Å². The van der Waals surface area contributed by atoms with Gasteiger partial charge in [-0.15, -0.1) is 0 Å². The second-order valence-electron chi connectivity index (χ2n) is 5.16. The Morgan fingerprint density at radius 1 is 1.37 bits per heavy atom. The fourth-order valence-corrected chi connectivity index (χ4v) is 2.77. The average molecular weight is 262 g/mol. The molecule has 19 heavy (non-hydrogen) atoms. The number of imidazole rings is 1. The molecule has 0 aliphatic heterocycles. The number of aromatic amines is 1. The lowest BCUT2D eigenvalue weighted by atomic mass is 9.87. The van der Waals surface area contributed by atoms with Gasteiger partial charge in [-0.05, 0) is 25.7 Å². The van der Waals surface area contributed by atoms with E-state index in [0.29, 0.717) is 17.7 Å². The van der Waals surface area contributed by atoms with Crippen molar-refractivity contribution in [2.24, 2.45) is 7.05 Å². The van der Waals surface area contributed by atoms with Crippen molar-refractivity contribution in [2.45, 2.75) is 37.7 Å². The topological polar surface area (TPSA) is 72.8 Å². The van der Waals surface area contributed by atoms with E-state index in [2.05, 4.69) is 15.0 Å². The van der Waals surface area contributed by atoms with Crippen molar-refractivity contribution < 1.29 is 4.74 Å². The van der Waals surface area contributed by atoms with Gasteiger partial charge in [0, 0.05) is 20.1 Å². The number of rotatable bonds is 2. The molecule has 0 aromatic carbocycles. The summed E-state index contributed by atoms with van der Waals surface area (Å²) in [4.78, 5) is 23.2. The van der Waals surface area contributed by atoms with Crippen LogP contribution < -0.4 is 5.69 Å².